The lowest BCUT2D eigenvalue weighted by Gasteiger charge is -2.21. The third kappa shape index (κ3) is 3.77. The third-order valence-corrected chi connectivity index (χ3v) is 8.29. The van der Waals surface area contributed by atoms with Crippen LogP contribution < -0.4 is 14.8 Å². The van der Waals surface area contributed by atoms with Crippen LogP contribution in [0.2, 0.25) is 0 Å². The Hall–Kier alpha value is -2.96. The Morgan fingerprint density at radius 2 is 2.00 bits per heavy atom. The molecule has 12 heteroatoms. The molecule has 31 heavy (non-hydrogen) atoms. The summed E-state index contributed by atoms with van der Waals surface area (Å²) in [6, 6.07) is 7.48. The first-order valence-corrected chi connectivity index (χ1v) is 11.9. The van der Waals surface area contributed by atoms with Gasteiger partial charge in [0.1, 0.15) is 23.5 Å². The maximum absolute atomic E-state index is 12.9. The summed E-state index contributed by atoms with van der Waals surface area (Å²) in [7, 11) is -3.73. The molecule has 2 aliphatic rings. The highest BCUT2D eigenvalue weighted by Crippen LogP contribution is 2.34. The van der Waals surface area contributed by atoms with Crippen molar-refractivity contribution in [2.75, 3.05) is 25.1 Å². The molecular weight excluding hydrogens is 444 g/mol. The highest BCUT2D eigenvalue weighted by molar-refractivity contribution is 7.91. The highest BCUT2D eigenvalue weighted by atomic mass is 32.2. The first-order valence-electron chi connectivity index (χ1n) is 9.62. The predicted octanol–water partition coefficient (Wildman–Crippen LogP) is 2.36. The molecule has 0 aliphatic carbocycles. The molecule has 2 aromatic heterocycles. The zero-order valence-electron chi connectivity index (χ0n) is 16.2. The van der Waals surface area contributed by atoms with Crippen LogP contribution in [0.5, 0.6) is 11.5 Å². The van der Waals surface area contributed by atoms with E-state index >= 15 is 0 Å². The SMILES string of the molecule is O=C(Nc1nnc(-c2ccc3c(c2)OCCO3)o1)C1CCCN1S(=O)(=O)c1cccs1. The van der Waals surface area contributed by atoms with Crippen LogP contribution in [0, 0.1) is 0 Å². The number of anilines is 1. The number of hydrogen-bond acceptors (Lipinski definition) is 9. The number of benzene rings is 1. The van der Waals surface area contributed by atoms with Gasteiger partial charge in [-0.05, 0) is 42.5 Å². The lowest BCUT2D eigenvalue weighted by atomic mass is 10.2. The van der Waals surface area contributed by atoms with Gasteiger partial charge in [0.05, 0.1) is 0 Å². The number of hydrogen-bond donors (Lipinski definition) is 1. The molecule has 0 spiro atoms. The Morgan fingerprint density at radius 3 is 2.81 bits per heavy atom. The van der Waals surface area contributed by atoms with Gasteiger partial charge in [0.2, 0.25) is 11.8 Å². The van der Waals surface area contributed by atoms with Crippen molar-refractivity contribution in [2.45, 2.75) is 23.1 Å². The number of amides is 1. The fourth-order valence-corrected chi connectivity index (χ4v) is 6.35. The standard InChI is InChI=1S/C19H18N4O6S2/c24-17(13-3-1-7-23(13)31(25,26)16-4-2-10-30-16)20-19-22-21-18(29-19)12-5-6-14-15(11-12)28-9-8-27-14/h2,4-6,10-11,13H,1,3,7-9H2,(H,20,22,24). The van der Waals surface area contributed by atoms with Crippen molar-refractivity contribution in [3.8, 4) is 23.0 Å². The lowest BCUT2D eigenvalue weighted by molar-refractivity contribution is -0.119. The zero-order valence-corrected chi connectivity index (χ0v) is 17.8. The number of sulfonamides is 1. The molecule has 1 amide bonds. The zero-order chi connectivity index (χ0) is 21.4. The quantitative estimate of drug-likeness (QED) is 0.613. The monoisotopic (exact) mass is 462 g/mol. The number of aromatic nitrogens is 2. The molecule has 1 N–H and O–H groups in total. The van der Waals surface area contributed by atoms with E-state index in [1.54, 1.807) is 29.6 Å². The number of rotatable bonds is 5. The van der Waals surface area contributed by atoms with Gasteiger partial charge in [0, 0.05) is 12.1 Å². The van der Waals surface area contributed by atoms with E-state index in [4.69, 9.17) is 13.9 Å². The summed E-state index contributed by atoms with van der Waals surface area (Å²) in [6.45, 7) is 1.22. The van der Waals surface area contributed by atoms with Crippen molar-refractivity contribution < 1.29 is 27.1 Å². The van der Waals surface area contributed by atoms with E-state index in [9.17, 15) is 13.2 Å². The molecule has 0 radical (unpaired) electrons. The van der Waals surface area contributed by atoms with Crippen molar-refractivity contribution >= 4 is 33.3 Å². The summed E-state index contributed by atoms with van der Waals surface area (Å²) in [5.74, 6) is 0.904. The Kier molecular flexibility index (Phi) is 5.12. The molecule has 4 heterocycles. The Labute approximate surface area is 181 Å². The van der Waals surface area contributed by atoms with E-state index in [1.807, 2.05) is 0 Å². The van der Waals surface area contributed by atoms with Crippen LogP contribution in [-0.4, -0.2) is 54.6 Å². The predicted molar refractivity (Wildman–Crippen MR) is 111 cm³/mol. The number of carbonyl (C=O) groups is 1. The minimum atomic E-state index is -3.73. The Bertz CT molecular complexity index is 1210. The Balaban J connectivity index is 1.32. The van der Waals surface area contributed by atoms with Gasteiger partial charge >= 0.3 is 6.01 Å². The second-order valence-corrected chi connectivity index (χ2v) is 10.0. The fraction of sp³-hybridized carbons (Fsp3) is 0.316. The Morgan fingerprint density at radius 1 is 1.16 bits per heavy atom. The molecule has 0 bridgehead atoms. The number of nitrogens with one attached hydrogen (secondary N) is 1. The first kappa shape index (κ1) is 20.0. The van der Waals surface area contributed by atoms with E-state index in [-0.39, 0.29) is 22.7 Å². The van der Waals surface area contributed by atoms with E-state index in [0.29, 0.717) is 43.1 Å². The van der Waals surface area contributed by atoms with Crippen LogP contribution in [0.4, 0.5) is 6.01 Å². The molecular formula is C19H18N4O6S2. The van der Waals surface area contributed by atoms with Crippen LogP contribution in [0.15, 0.2) is 44.3 Å². The van der Waals surface area contributed by atoms with Crippen LogP contribution in [0.25, 0.3) is 11.5 Å². The molecule has 1 fully saturated rings. The second-order valence-electron chi connectivity index (χ2n) is 6.97. The van der Waals surface area contributed by atoms with Crippen molar-refractivity contribution in [1.29, 1.82) is 0 Å². The van der Waals surface area contributed by atoms with E-state index in [1.165, 1.54) is 10.4 Å². The number of ether oxygens (including phenoxy) is 2. The van der Waals surface area contributed by atoms with Crippen molar-refractivity contribution in [1.82, 2.24) is 14.5 Å². The summed E-state index contributed by atoms with van der Waals surface area (Å²) in [5.41, 5.74) is 0.611. The first-order chi connectivity index (χ1) is 15.0. The summed E-state index contributed by atoms with van der Waals surface area (Å²) >= 11 is 1.12. The average Bonchev–Trinajstić information content (AvgIpc) is 3.55. The molecule has 10 nitrogen and oxygen atoms in total. The molecule has 1 unspecified atom stereocenters. The van der Waals surface area contributed by atoms with Crippen LogP contribution >= 0.6 is 11.3 Å². The van der Waals surface area contributed by atoms with Crippen LogP contribution in [-0.2, 0) is 14.8 Å². The van der Waals surface area contributed by atoms with E-state index < -0.39 is 22.0 Å². The van der Waals surface area contributed by atoms with Gasteiger partial charge in [-0.1, -0.05) is 11.2 Å². The largest absolute Gasteiger partial charge is 0.486 e. The molecule has 1 aromatic carbocycles. The molecule has 5 rings (SSSR count). The van der Waals surface area contributed by atoms with Crippen molar-refractivity contribution in [3.63, 3.8) is 0 Å². The van der Waals surface area contributed by atoms with Crippen LogP contribution in [0.1, 0.15) is 12.8 Å². The summed E-state index contributed by atoms with van der Waals surface area (Å²) in [6.07, 6.45) is 1.01. The highest BCUT2D eigenvalue weighted by Gasteiger charge is 2.40. The number of nitrogens with zero attached hydrogens (tertiary/aromatic N) is 3. The minimum Gasteiger partial charge on any atom is -0.486 e. The molecule has 2 aliphatic heterocycles. The van der Waals surface area contributed by atoms with Crippen molar-refractivity contribution in [3.05, 3.63) is 35.7 Å². The van der Waals surface area contributed by atoms with Gasteiger partial charge in [0.15, 0.2) is 11.5 Å². The number of fused-ring (bicyclic) bond motifs is 1. The molecule has 1 atom stereocenters. The maximum Gasteiger partial charge on any atom is 0.322 e. The van der Waals surface area contributed by atoms with Crippen LogP contribution in [0.3, 0.4) is 0 Å². The number of thiophene rings is 1. The van der Waals surface area contributed by atoms with Gasteiger partial charge < -0.3 is 13.9 Å². The minimum absolute atomic E-state index is 0.102. The lowest BCUT2D eigenvalue weighted by Crippen LogP contribution is -2.42. The smallest absolute Gasteiger partial charge is 0.322 e. The van der Waals surface area contributed by atoms with Gasteiger partial charge in [0.25, 0.3) is 10.0 Å². The number of carbonyl (C=O) groups excluding carboxylic acids is 1. The molecule has 3 aromatic rings. The van der Waals surface area contributed by atoms with Gasteiger partial charge in [-0.2, -0.15) is 4.31 Å². The fourth-order valence-electron chi connectivity index (χ4n) is 3.57. The topological polar surface area (TPSA) is 124 Å². The normalized spacial score (nSPS) is 18.8. The summed E-state index contributed by atoms with van der Waals surface area (Å²) < 4.78 is 43.8. The van der Waals surface area contributed by atoms with Crippen molar-refractivity contribution in [2.24, 2.45) is 0 Å². The third-order valence-electron chi connectivity index (χ3n) is 5.01. The molecule has 0 saturated carbocycles. The average molecular weight is 463 g/mol. The van der Waals surface area contributed by atoms with Gasteiger partial charge in [-0.3, -0.25) is 10.1 Å². The van der Waals surface area contributed by atoms with E-state index in [0.717, 1.165) is 11.3 Å². The summed E-state index contributed by atoms with van der Waals surface area (Å²) in [4.78, 5) is 12.8. The molecule has 1 saturated heterocycles. The van der Waals surface area contributed by atoms with E-state index in [2.05, 4.69) is 15.5 Å². The molecule has 162 valence electrons. The van der Waals surface area contributed by atoms with Gasteiger partial charge in [-0.15, -0.1) is 16.4 Å². The summed E-state index contributed by atoms with van der Waals surface area (Å²) in [5, 5.41) is 12.1. The maximum atomic E-state index is 12.9. The second kappa shape index (κ2) is 7.94. The van der Waals surface area contributed by atoms with Gasteiger partial charge in [-0.25, -0.2) is 8.42 Å².